The van der Waals surface area contributed by atoms with E-state index in [0.29, 0.717) is 6.10 Å². The molecule has 1 aliphatic rings. The van der Waals surface area contributed by atoms with Crippen LogP contribution in [0.15, 0.2) is 0 Å². The molecule has 1 saturated heterocycles. The van der Waals surface area contributed by atoms with Gasteiger partial charge in [0.15, 0.2) is 0 Å². The molecular weight excluding hydrogens is 244 g/mol. The Hall–Kier alpha value is 0.400. The van der Waals surface area contributed by atoms with Crippen LogP contribution < -0.4 is 0 Å². The molecule has 84 valence electrons. The van der Waals surface area contributed by atoms with Gasteiger partial charge in [0.1, 0.15) is 0 Å². The average molecular weight is 265 g/mol. The van der Waals surface area contributed by atoms with Crippen molar-refractivity contribution >= 4 is 15.9 Å². The van der Waals surface area contributed by atoms with Gasteiger partial charge in [-0.3, -0.25) is 0 Å². The Morgan fingerprint density at radius 2 is 2.07 bits per heavy atom. The Balaban J connectivity index is 2.42. The van der Waals surface area contributed by atoms with E-state index in [4.69, 9.17) is 9.47 Å². The highest BCUT2D eigenvalue weighted by molar-refractivity contribution is 9.09. The van der Waals surface area contributed by atoms with E-state index in [2.05, 4.69) is 29.8 Å². The maximum Gasteiger partial charge on any atom is 0.0826 e. The molecule has 14 heavy (non-hydrogen) atoms. The number of alkyl halides is 1. The summed E-state index contributed by atoms with van der Waals surface area (Å²) in [6.07, 6.45) is 4.75. The summed E-state index contributed by atoms with van der Waals surface area (Å²) in [5, 5.41) is 0.928. The molecule has 1 unspecified atom stereocenters. The zero-order chi connectivity index (χ0) is 10.4. The summed E-state index contributed by atoms with van der Waals surface area (Å²) in [5.41, 5.74) is 0.0346. The SMILES string of the molecule is CCCC(C)OC1(CBr)CCOCC1. The van der Waals surface area contributed by atoms with Crippen molar-refractivity contribution in [3.63, 3.8) is 0 Å². The van der Waals surface area contributed by atoms with Crippen LogP contribution >= 0.6 is 15.9 Å². The molecule has 1 heterocycles. The van der Waals surface area contributed by atoms with Crippen LogP contribution in [-0.2, 0) is 9.47 Å². The summed E-state index contributed by atoms with van der Waals surface area (Å²) >= 11 is 3.57. The largest absolute Gasteiger partial charge is 0.381 e. The molecule has 0 aromatic rings. The highest BCUT2D eigenvalue weighted by atomic mass is 79.9. The summed E-state index contributed by atoms with van der Waals surface area (Å²) in [6.45, 7) is 6.04. The van der Waals surface area contributed by atoms with Gasteiger partial charge in [-0.2, -0.15) is 0 Å². The molecule has 0 N–H and O–H groups in total. The molecule has 0 spiro atoms. The number of rotatable bonds is 5. The molecule has 1 rings (SSSR count). The fourth-order valence-corrected chi connectivity index (χ4v) is 2.61. The third-order valence-electron chi connectivity index (χ3n) is 2.79. The van der Waals surface area contributed by atoms with Crippen molar-refractivity contribution in [2.75, 3.05) is 18.5 Å². The van der Waals surface area contributed by atoms with Gasteiger partial charge in [-0.15, -0.1) is 0 Å². The molecule has 0 bridgehead atoms. The molecule has 3 heteroatoms. The highest BCUT2D eigenvalue weighted by Gasteiger charge is 2.33. The minimum Gasteiger partial charge on any atom is -0.381 e. The fraction of sp³-hybridized carbons (Fsp3) is 1.00. The summed E-state index contributed by atoms with van der Waals surface area (Å²) in [7, 11) is 0. The first-order valence-corrected chi connectivity index (χ1v) is 6.66. The molecule has 0 aromatic carbocycles. The smallest absolute Gasteiger partial charge is 0.0826 e. The van der Waals surface area contributed by atoms with E-state index >= 15 is 0 Å². The van der Waals surface area contributed by atoms with Gasteiger partial charge in [0.05, 0.1) is 11.7 Å². The van der Waals surface area contributed by atoms with Crippen molar-refractivity contribution in [1.29, 1.82) is 0 Å². The van der Waals surface area contributed by atoms with Crippen LogP contribution in [-0.4, -0.2) is 30.2 Å². The van der Waals surface area contributed by atoms with Crippen molar-refractivity contribution in [3.8, 4) is 0 Å². The second-order valence-electron chi connectivity index (χ2n) is 4.15. The van der Waals surface area contributed by atoms with Crippen molar-refractivity contribution < 1.29 is 9.47 Å². The van der Waals surface area contributed by atoms with E-state index in [1.165, 1.54) is 6.42 Å². The van der Waals surface area contributed by atoms with Gasteiger partial charge in [0, 0.05) is 31.4 Å². The minimum absolute atomic E-state index is 0.0346. The molecule has 0 aliphatic carbocycles. The normalized spacial score (nSPS) is 23.4. The van der Waals surface area contributed by atoms with E-state index < -0.39 is 0 Å². The average Bonchev–Trinajstić information content (AvgIpc) is 2.19. The summed E-state index contributed by atoms with van der Waals surface area (Å²) in [5.74, 6) is 0. The lowest BCUT2D eigenvalue weighted by Gasteiger charge is -2.38. The van der Waals surface area contributed by atoms with E-state index in [1.807, 2.05) is 0 Å². The number of halogens is 1. The first-order valence-electron chi connectivity index (χ1n) is 5.54. The van der Waals surface area contributed by atoms with Crippen LogP contribution in [0.1, 0.15) is 39.5 Å². The molecular formula is C11H21BrO2. The molecule has 0 aromatic heterocycles. The van der Waals surface area contributed by atoms with E-state index in [1.54, 1.807) is 0 Å². The Morgan fingerprint density at radius 1 is 1.43 bits per heavy atom. The third kappa shape index (κ3) is 3.52. The second-order valence-corrected chi connectivity index (χ2v) is 4.71. The van der Waals surface area contributed by atoms with Gasteiger partial charge in [-0.1, -0.05) is 29.3 Å². The van der Waals surface area contributed by atoms with Crippen LogP contribution in [0.4, 0.5) is 0 Å². The topological polar surface area (TPSA) is 18.5 Å². The first-order chi connectivity index (χ1) is 6.72. The summed E-state index contributed by atoms with van der Waals surface area (Å²) in [6, 6.07) is 0. The predicted octanol–water partition coefficient (Wildman–Crippen LogP) is 3.14. The zero-order valence-electron chi connectivity index (χ0n) is 9.22. The predicted molar refractivity (Wildman–Crippen MR) is 62.0 cm³/mol. The van der Waals surface area contributed by atoms with Gasteiger partial charge in [-0.05, 0) is 13.3 Å². The highest BCUT2D eigenvalue weighted by Crippen LogP contribution is 2.29. The fourth-order valence-electron chi connectivity index (χ4n) is 1.92. The van der Waals surface area contributed by atoms with Crippen molar-refractivity contribution in [1.82, 2.24) is 0 Å². The minimum atomic E-state index is 0.0346. The van der Waals surface area contributed by atoms with Crippen LogP contribution in [0.3, 0.4) is 0 Å². The maximum atomic E-state index is 6.14. The molecule has 0 radical (unpaired) electrons. The van der Waals surface area contributed by atoms with Crippen molar-refractivity contribution in [2.24, 2.45) is 0 Å². The van der Waals surface area contributed by atoms with E-state index in [0.717, 1.165) is 37.8 Å². The monoisotopic (exact) mass is 264 g/mol. The lowest BCUT2D eigenvalue weighted by Crippen LogP contribution is -2.43. The molecule has 1 aliphatic heterocycles. The Morgan fingerprint density at radius 3 is 2.57 bits per heavy atom. The number of hydrogen-bond donors (Lipinski definition) is 0. The van der Waals surface area contributed by atoms with Gasteiger partial charge >= 0.3 is 0 Å². The van der Waals surface area contributed by atoms with Crippen LogP contribution in [0.25, 0.3) is 0 Å². The van der Waals surface area contributed by atoms with Gasteiger partial charge < -0.3 is 9.47 Å². The van der Waals surface area contributed by atoms with Crippen molar-refractivity contribution in [2.45, 2.75) is 51.2 Å². The third-order valence-corrected chi connectivity index (χ3v) is 3.82. The molecule has 0 saturated carbocycles. The van der Waals surface area contributed by atoms with Crippen LogP contribution in [0, 0.1) is 0 Å². The molecule has 0 amide bonds. The second kappa shape index (κ2) is 6.09. The quantitative estimate of drug-likeness (QED) is 0.711. The Kier molecular flexibility index (Phi) is 5.42. The summed E-state index contributed by atoms with van der Waals surface area (Å²) in [4.78, 5) is 0. The lowest BCUT2D eigenvalue weighted by molar-refractivity contribution is -0.125. The zero-order valence-corrected chi connectivity index (χ0v) is 10.8. The first kappa shape index (κ1) is 12.5. The molecule has 1 atom stereocenters. The number of ether oxygens (including phenoxy) is 2. The van der Waals surface area contributed by atoms with E-state index in [9.17, 15) is 0 Å². The van der Waals surface area contributed by atoms with Crippen LogP contribution in [0.5, 0.6) is 0 Å². The molecule has 1 fully saturated rings. The van der Waals surface area contributed by atoms with Gasteiger partial charge in [0.25, 0.3) is 0 Å². The van der Waals surface area contributed by atoms with Crippen LogP contribution in [0.2, 0.25) is 0 Å². The Bertz CT molecular complexity index is 155. The summed E-state index contributed by atoms with van der Waals surface area (Å²) < 4.78 is 11.5. The Labute approximate surface area is 95.5 Å². The van der Waals surface area contributed by atoms with E-state index in [-0.39, 0.29) is 5.60 Å². The standard InChI is InChI=1S/C11H21BrO2/c1-3-4-10(2)14-11(9-12)5-7-13-8-6-11/h10H,3-9H2,1-2H3. The maximum absolute atomic E-state index is 6.14. The lowest BCUT2D eigenvalue weighted by atomic mass is 9.96. The van der Waals surface area contributed by atoms with Gasteiger partial charge in [0.2, 0.25) is 0 Å². The molecule has 2 nitrogen and oxygen atoms in total. The number of hydrogen-bond acceptors (Lipinski definition) is 2. The van der Waals surface area contributed by atoms with Crippen molar-refractivity contribution in [3.05, 3.63) is 0 Å². The van der Waals surface area contributed by atoms with Gasteiger partial charge in [-0.25, -0.2) is 0 Å².